The molecule has 2 rings (SSSR count). The summed E-state index contributed by atoms with van der Waals surface area (Å²) in [5, 5.41) is 0. The van der Waals surface area contributed by atoms with Gasteiger partial charge in [0.2, 0.25) is 0 Å². The fourth-order valence-corrected chi connectivity index (χ4v) is 2.99. The normalized spacial score (nSPS) is 12.7. The van der Waals surface area contributed by atoms with Gasteiger partial charge in [-0.3, -0.25) is 4.90 Å². The van der Waals surface area contributed by atoms with Crippen molar-refractivity contribution in [2.75, 3.05) is 13.6 Å². The molecule has 0 radical (unpaired) electrons. The molecule has 0 heterocycles. The third-order valence-electron chi connectivity index (χ3n) is 3.68. The number of hydrogen-bond acceptors (Lipinski definition) is 2. The smallest absolute Gasteiger partial charge is 0.123 e. The van der Waals surface area contributed by atoms with Crippen LogP contribution in [0.25, 0.3) is 0 Å². The first kappa shape index (κ1) is 16.1. The fraction of sp³-hybridized carbons (Fsp3) is 0.294. The maximum atomic E-state index is 13.5. The van der Waals surface area contributed by atoms with Crippen LogP contribution in [0.1, 0.15) is 22.7 Å². The van der Waals surface area contributed by atoms with Crippen LogP contribution in [-0.2, 0) is 6.54 Å². The number of aryl methyl sites for hydroxylation is 1. The van der Waals surface area contributed by atoms with Crippen LogP contribution in [-0.4, -0.2) is 18.5 Å². The standard InChI is InChI=1S/C17H20BrFN2/c1-12-6-7-15(19)9-16(12)17(10-20)21(2)11-13-4-3-5-14(18)8-13/h3-9,17H,10-11,20H2,1-2H3. The molecule has 0 aliphatic carbocycles. The summed E-state index contributed by atoms with van der Waals surface area (Å²) in [5.74, 6) is -0.218. The van der Waals surface area contributed by atoms with Gasteiger partial charge in [-0.25, -0.2) is 4.39 Å². The van der Waals surface area contributed by atoms with E-state index in [1.807, 2.05) is 26.1 Å². The predicted octanol–water partition coefficient (Wildman–Crippen LogP) is 4.03. The highest BCUT2D eigenvalue weighted by Gasteiger charge is 2.18. The molecule has 0 saturated carbocycles. The molecule has 0 aromatic heterocycles. The highest BCUT2D eigenvalue weighted by atomic mass is 79.9. The molecule has 2 N–H and O–H groups in total. The highest BCUT2D eigenvalue weighted by molar-refractivity contribution is 9.10. The van der Waals surface area contributed by atoms with E-state index in [2.05, 4.69) is 33.0 Å². The summed E-state index contributed by atoms with van der Waals surface area (Å²) in [5.41, 5.74) is 9.15. The minimum Gasteiger partial charge on any atom is -0.329 e. The molecule has 2 aromatic rings. The van der Waals surface area contributed by atoms with Crippen LogP contribution >= 0.6 is 15.9 Å². The number of nitrogens with two attached hydrogens (primary N) is 1. The molecule has 2 nitrogen and oxygen atoms in total. The number of halogens is 2. The first-order valence-corrected chi connectivity index (χ1v) is 7.71. The van der Waals surface area contributed by atoms with Gasteiger partial charge in [0.25, 0.3) is 0 Å². The van der Waals surface area contributed by atoms with Crippen LogP contribution in [0.4, 0.5) is 4.39 Å². The van der Waals surface area contributed by atoms with Crippen molar-refractivity contribution in [3.05, 3.63) is 69.4 Å². The third kappa shape index (κ3) is 4.13. The molecule has 21 heavy (non-hydrogen) atoms. The zero-order valence-electron chi connectivity index (χ0n) is 12.3. The maximum Gasteiger partial charge on any atom is 0.123 e. The summed E-state index contributed by atoms with van der Waals surface area (Å²) < 4.78 is 14.6. The molecular formula is C17H20BrFN2. The van der Waals surface area contributed by atoms with Crippen molar-refractivity contribution in [2.45, 2.75) is 19.5 Å². The van der Waals surface area contributed by atoms with Crippen LogP contribution in [0, 0.1) is 12.7 Å². The Morgan fingerprint density at radius 3 is 2.67 bits per heavy atom. The van der Waals surface area contributed by atoms with Gasteiger partial charge in [-0.15, -0.1) is 0 Å². The lowest BCUT2D eigenvalue weighted by Crippen LogP contribution is -2.30. The molecule has 0 aliphatic rings. The van der Waals surface area contributed by atoms with Gasteiger partial charge in [-0.1, -0.05) is 34.1 Å². The van der Waals surface area contributed by atoms with E-state index in [9.17, 15) is 4.39 Å². The van der Waals surface area contributed by atoms with E-state index in [1.54, 1.807) is 12.1 Å². The molecule has 1 atom stereocenters. The second-order valence-corrected chi connectivity index (χ2v) is 6.21. The van der Waals surface area contributed by atoms with Gasteiger partial charge in [-0.2, -0.15) is 0 Å². The Bertz CT molecular complexity index is 615. The topological polar surface area (TPSA) is 29.3 Å². The van der Waals surface area contributed by atoms with Gasteiger partial charge in [0.05, 0.1) is 0 Å². The van der Waals surface area contributed by atoms with E-state index in [-0.39, 0.29) is 11.9 Å². The van der Waals surface area contributed by atoms with Crippen LogP contribution in [0.15, 0.2) is 46.9 Å². The first-order chi connectivity index (χ1) is 10.0. The van der Waals surface area contributed by atoms with E-state index in [1.165, 1.54) is 11.6 Å². The lowest BCUT2D eigenvalue weighted by Gasteiger charge is -2.28. The highest BCUT2D eigenvalue weighted by Crippen LogP contribution is 2.25. The van der Waals surface area contributed by atoms with Crippen LogP contribution in [0.2, 0.25) is 0 Å². The van der Waals surface area contributed by atoms with Gasteiger partial charge in [0, 0.05) is 23.6 Å². The molecule has 0 spiro atoms. The Morgan fingerprint density at radius 2 is 2.00 bits per heavy atom. The zero-order chi connectivity index (χ0) is 15.4. The molecule has 0 aliphatic heterocycles. The lowest BCUT2D eigenvalue weighted by atomic mass is 9.99. The molecule has 112 valence electrons. The van der Waals surface area contributed by atoms with Gasteiger partial charge in [0.1, 0.15) is 5.82 Å². The number of hydrogen-bond donors (Lipinski definition) is 1. The molecule has 4 heteroatoms. The van der Waals surface area contributed by atoms with E-state index in [4.69, 9.17) is 5.73 Å². The number of likely N-dealkylation sites (N-methyl/N-ethyl adjacent to an activating group) is 1. The predicted molar refractivity (Wildman–Crippen MR) is 88.5 cm³/mol. The summed E-state index contributed by atoms with van der Waals surface area (Å²) in [4.78, 5) is 2.16. The fourth-order valence-electron chi connectivity index (χ4n) is 2.55. The van der Waals surface area contributed by atoms with Crippen molar-refractivity contribution in [1.82, 2.24) is 4.90 Å². The number of rotatable bonds is 5. The van der Waals surface area contributed by atoms with Crippen molar-refractivity contribution in [2.24, 2.45) is 5.73 Å². The summed E-state index contributed by atoms with van der Waals surface area (Å²) in [6, 6.07) is 13.1. The Hall–Kier alpha value is -1.23. The Labute approximate surface area is 133 Å². The van der Waals surface area contributed by atoms with E-state index >= 15 is 0 Å². The van der Waals surface area contributed by atoms with E-state index in [0.717, 1.165) is 22.1 Å². The molecule has 0 amide bonds. The summed E-state index contributed by atoms with van der Waals surface area (Å²) in [6.07, 6.45) is 0. The van der Waals surface area contributed by atoms with Gasteiger partial charge in [-0.05, 0) is 54.9 Å². The third-order valence-corrected chi connectivity index (χ3v) is 4.17. The van der Waals surface area contributed by atoms with E-state index < -0.39 is 0 Å². The molecular weight excluding hydrogens is 331 g/mol. The quantitative estimate of drug-likeness (QED) is 0.881. The van der Waals surface area contributed by atoms with Gasteiger partial charge in [0.15, 0.2) is 0 Å². The lowest BCUT2D eigenvalue weighted by molar-refractivity contribution is 0.240. The van der Waals surface area contributed by atoms with Crippen molar-refractivity contribution < 1.29 is 4.39 Å². The monoisotopic (exact) mass is 350 g/mol. The van der Waals surface area contributed by atoms with Crippen LogP contribution in [0.3, 0.4) is 0 Å². The van der Waals surface area contributed by atoms with Crippen LogP contribution in [0.5, 0.6) is 0 Å². The minimum absolute atomic E-state index is 0.000295. The Kier molecular flexibility index (Phi) is 5.51. The van der Waals surface area contributed by atoms with Gasteiger partial charge >= 0.3 is 0 Å². The molecule has 2 aromatic carbocycles. The second-order valence-electron chi connectivity index (χ2n) is 5.30. The largest absolute Gasteiger partial charge is 0.329 e. The van der Waals surface area contributed by atoms with E-state index in [0.29, 0.717) is 6.54 Å². The molecule has 1 unspecified atom stereocenters. The minimum atomic E-state index is -0.218. The van der Waals surface area contributed by atoms with Crippen LogP contribution < -0.4 is 5.73 Å². The average molecular weight is 351 g/mol. The summed E-state index contributed by atoms with van der Waals surface area (Å²) in [6.45, 7) is 3.20. The van der Waals surface area contributed by atoms with Crippen molar-refractivity contribution >= 4 is 15.9 Å². The molecule has 0 bridgehead atoms. The average Bonchev–Trinajstić information content (AvgIpc) is 2.43. The summed E-state index contributed by atoms with van der Waals surface area (Å²) in [7, 11) is 2.02. The number of benzene rings is 2. The van der Waals surface area contributed by atoms with Crippen molar-refractivity contribution in [3.8, 4) is 0 Å². The number of nitrogens with zero attached hydrogens (tertiary/aromatic N) is 1. The van der Waals surface area contributed by atoms with Crippen molar-refractivity contribution in [1.29, 1.82) is 0 Å². The van der Waals surface area contributed by atoms with Crippen molar-refractivity contribution in [3.63, 3.8) is 0 Å². The first-order valence-electron chi connectivity index (χ1n) is 6.92. The Morgan fingerprint density at radius 1 is 1.24 bits per heavy atom. The molecule has 0 saturated heterocycles. The maximum absolute atomic E-state index is 13.5. The Balaban J connectivity index is 2.22. The molecule has 0 fully saturated rings. The van der Waals surface area contributed by atoms with Gasteiger partial charge < -0.3 is 5.73 Å². The SMILES string of the molecule is Cc1ccc(F)cc1C(CN)N(C)Cc1cccc(Br)c1. The second kappa shape index (κ2) is 7.16. The zero-order valence-corrected chi connectivity index (χ0v) is 13.9. The summed E-state index contributed by atoms with van der Waals surface area (Å²) >= 11 is 3.48.